The van der Waals surface area contributed by atoms with Crippen LogP contribution in [0.25, 0.3) is 0 Å². The van der Waals surface area contributed by atoms with Crippen LogP contribution in [0.1, 0.15) is 56.9 Å². The molecule has 0 heterocycles. The van der Waals surface area contributed by atoms with Crippen molar-refractivity contribution in [3.63, 3.8) is 0 Å². The van der Waals surface area contributed by atoms with Crippen LogP contribution >= 0.6 is 15.9 Å². The van der Waals surface area contributed by atoms with Gasteiger partial charge in [-0.05, 0) is 62.0 Å². The average molecular weight is 352 g/mol. The van der Waals surface area contributed by atoms with Gasteiger partial charge in [0.05, 0.1) is 5.60 Å². The molecule has 2 N–H and O–H groups in total. The van der Waals surface area contributed by atoms with Crippen LogP contribution in [0.4, 0.5) is 0 Å². The highest BCUT2D eigenvalue weighted by molar-refractivity contribution is 9.10. The largest absolute Gasteiger partial charge is 0.389 e. The van der Waals surface area contributed by atoms with Gasteiger partial charge < -0.3 is 10.4 Å². The molecule has 1 aromatic carbocycles. The number of hydrogen-bond donors (Lipinski definition) is 2. The Morgan fingerprint density at radius 2 is 1.90 bits per heavy atom. The fraction of sp³-hybridized carbons (Fsp3) is 0.667. The number of nitrogens with one attached hydrogen (secondary N) is 1. The molecular formula is C18H26BrNO. The lowest BCUT2D eigenvalue weighted by molar-refractivity contribution is -0.0108. The number of rotatable bonds is 4. The maximum absolute atomic E-state index is 10.6. The first kappa shape index (κ1) is 15.5. The van der Waals surface area contributed by atoms with Crippen LogP contribution in [-0.4, -0.2) is 23.3 Å². The number of hydrogen-bond acceptors (Lipinski definition) is 2. The lowest BCUT2D eigenvalue weighted by Crippen LogP contribution is -2.49. The van der Waals surface area contributed by atoms with Gasteiger partial charge in [0.15, 0.2) is 0 Å². The molecule has 116 valence electrons. The van der Waals surface area contributed by atoms with E-state index in [1.807, 2.05) is 0 Å². The summed E-state index contributed by atoms with van der Waals surface area (Å²) in [5.74, 6) is 1.45. The minimum atomic E-state index is -0.453. The summed E-state index contributed by atoms with van der Waals surface area (Å²) in [6, 6.07) is 9.11. The van der Waals surface area contributed by atoms with Crippen molar-refractivity contribution in [1.82, 2.24) is 5.32 Å². The van der Waals surface area contributed by atoms with Gasteiger partial charge in [0, 0.05) is 17.1 Å². The Morgan fingerprint density at radius 3 is 2.57 bits per heavy atom. The van der Waals surface area contributed by atoms with E-state index in [1.165, 1.54) is 35.7 Å². The van der Waals surface area contributed by atoms with Gasteiger partial charge in [0.1, 0.15) is 0 Å². The predicted octanol–water partition coefficient (Wildman–Crippen LogP) is 4.23. The zero-order valence-electron chi connectivity index (χ0n) is 12.8. The molecule has 0 saturated heterocycles. The van der Waals surface area contributed by atoms with E-state index in [0.717, 1.165) is 25.3 Å². The monoisotopic (exact) mass is 351 g/mol. The van der Waals surface area contributed by atoms with Crippen molar-refractivity contribution in [3.05, 3.63) is 34.3 Å². The van der Waals surface area contributed by atoms with Crippen LogP contribution in [0.15, 0.2) is 28.7 Å². The summed E-state index contributed by atoms with van der Waals surface area (Å²) in [7, 11) is 0. The van der Waals surface area contributed by atoms with Gasteiger partial charge in [-0.1, -0.05) is 41.1 Å². The SMILES string of the molecule is CC1CCC(O)(CNC2CC(c3ccccc3Br)C2)CC1. The number of benzene rings is 1. The van der Waals surface area contributed by atoms with Gasteiger partial charge >= 0.3 is 0 Å². The molecule has 0 bridgehead atoms. The molecule has 0 aromatic heterocycles. The van der Waals surface area contributed by atoms with Gasteiger partial charge in [-0.15, -0.1) is 0 Å². The summed E-state index contributed by atoms with van der Waals surface area (Å²) in [6.07, 6.45) is 6.64. The zero-order valence-corrected chi connectivity index (χ0v) is 14.4. The van der Waals surface area contributed by atoms with E-state index in [0.29, 0.717) is 12.0 Å². The van der Waals surface area contributed by atoms with Crippen LogP contribution in [-0.2, 0) is 0 Å². The van der Waals surface area contributed by atoms with Gasteiger partial charge in [-0.25, -0.2) is 0 Å². The quantitative estimate of drug-likeness (QED) is 0.850. The summed E-state index contributed by atoms with van der Waals surface area (Å²) in [4.78, 5) is 0. The van der Waals surface area contributed by atoms with Crippen molar-refractivity contribution in [3.8, 4) is 0 Å². The number of halogens is 1. The third-order valence-corrected chi connectivity index (χ3v) is 6.13. The highest BCUT2D eigenvalue weighted by atomic mass is 79.9. The molecule has 3 heteroatoms. The van der Waals surface area contributed by atoms with Crippen LogP contribution in [0.2, 0.25) is 0 Å². The maximum atomic E-state index is 10.6. The summed E-state index contributed by atoms with van der Waals surface area (Å²) in [5, 5.41) is 14.2. The Kier molecular flexibility index (Phi) is 4.72. The van der Waals surface area contributed by atoms with Crippen molar-refractivity contribution in [2.24, 2.45) is 5.92 Å². The lowest BCUT2D eigenvalue weighted by Gasteiger charge is -2.41. The molecule has 21 heavy (non-hydrogen) atoms. The Labute approximate surface area is 136 Å². The predicted molar refractivity (Wildman–Crippen MR) is 90.5 cm³/mol. The normalized spacial score (nSPS) is 36.2. The molecule has 2 aliphatic rings. The second kappa shape index (κ2) is 6.39. The van der Waals surface area contributed by atoms with E-state index in [2.05, 4.69) is 52.4 Å². The molecule has 1 aromatic rings. The van der Waals surface area contributed by atoms with E-state index >= 15 is 0 Å². The molecule has 2 aliphatic carbocycles. The van der Waals surface area contributed by atoms with E-state index < -0.39 is 5.60 Å². The van der Waals surface area contributed by atoms with E-state index in [9.17, 15) is 5.11 Å². The molecule has 2 nitrogen and oxygen atoms in total. The van der Waals surface area contributed by atoms with E-state index in [1.54, 1.807) is 0 Å². The highest BCUT2D eigenvalue weighted by Gasteiger charge is 2.35. The second-order valence-electron chi connectivity index (χ2n) is 7.17. The van der Waals surface area contributed by atoms with Gasteiger partial charge in [-0.3, -0.25) is 0 Å². The first-order chi connectivity index (χ1) is 10.1. The topological polar surface area (TPSA) is 32.3 Å². The van der Waals surface area contributed by atoms with Crippen molar-refractivity contribution >= 4 is 15.9 Å². The Hall–Kier alpha value is -0.380. The standard InChI is InChI=1S/C18H26BrNO/c1-13-6-8-18(21,9-7-13)12-20-15-10-14(11-15)16-4-2-3-5-17(16)19/h2-5,13-15,20-21H,6-12H2,1H3. The van der Waals surface area contributed by atoms with Crippen molar-refractivity contribution < 1.29 is 5.11 Å². The van der Waals surface area contributed by atoms with Gasteiger partial charge in [0.25, 0.3) is 0 Å². The fourth-order valence-corrected chi connectivity index (χ4v) is 4.26. The molecule has 2 saturated carbocycles. The smallest absolute Gasteiger partial charge is 0.0771 e. The molecule has 0 unspecified atom stereocenters. The average Bonchev–Trinajstić information content (AvgIpc) is 2.43. The summed E-state index contributed by atoms with van der Waals surface area (Å²) in [6.45, 7) is 3.06. The molecular weight excluding hydrogens is 326 g/mol. The minimum absolute atomic E-state index is 0.453. The van der Waals surface area contributed by atoms with Crippen LogP contribution in [0.5, 0.6) is 0 Å². The van der Waals surface area contributed by atoms with Crippen molar-refractivity contribution in [2.45, 2.75) is 63.0 Å². The zero-order chi connectivity index (χ0) is 14.9. The Morgan fingerprint density at radius 1 is 1.24 bits per heavy atom. The lowest BCUT2D eigenvalue weighted by atomic mass is 9.75. The van der Waals surface area contributed by atoms with Crippen LogP contribution < -0.4 is 5.32 Å². The van der Waals surface area contributed by atoms with Crippen molar-refractivity contribution in [2.75, 3.05) is 6.54 Å². The summed E-state index contributed by atoms with van der Waals surface area (Å²) < 4.78 is 1.23. The summed E-state index contributed by atoms with van der Waals surface area (Å²) >= 11 is 3.65. The van der Waals surface area contributed by atoms with Gasteiger partial charge in [0.2, 0.25) is 0 Å². The minimum Gasteiger partial charge on any atom is -0.389 e. The first-order valence-electron chi connectivity index (χ1n) is 8.26. The van der Waals surface area contributed by atoms with Crippen LogP contribution in [0.3, 0.4) is 0 Å². The van der Waals surface area contributed by atoms with E-state index in [-0.39, 0.29) is 0 Å². The highest BCUT2D eigenvalue weighted by Crippen LogP contribution is 2.40. The fourth-order valence-electron chi connectivity index (χ4n) is 3.66. The first-order valence-corrected chi connectivity index (χ1v) is 9.05. The Bertz CT molecular complexity index is 476. The molecule has 0 radical (unpaired) electrons. The second-order valence-corrected chi connectivity index (χ2v) is 8.03. The molecule has 0 aliphatic heterocycles. The molecule has 2 fully saturated rings. The van der Waals surface area contributed by atoms with E-state index in [4.69, 9.17) is 0 Å². The Balaban J connectivity index is 1.44. The summed E-state index contributed by atoms with van der Waals surface area (Å²) in [5.41, 5.74) is 0.978. The molecule has 3 rings (SSSR count). The number of aliphatic hydroxyl groups is 1. The van der Waals surface area contributed by atoms with Gasteiger partial charge in [-0.2, -0.15) is 0 Å². The maximum Gasteiger partial charge on any atom is 0.0771 e. The third kappa shape index (κ3) is 3.69. The molecule has 0 spiro atoms. The molecule has 0 amide bonds. The van der Waals surface area contributed by atoms with Crippen molar-refractivity contribution in [1.29, 1.82) is 0 Å². The third-order valence-electron chi connectivity index (χ3n) is 5.41. The van der Waals surface area contributed by atoms with Crippen LogP contribution in [0, 0.1) is 5.92 Å². The molecule has 0 atom stereocenters.